The fourth-order valence-electron chi connectivity index (χ4n) is 3.84. The number of likely N-dealkylation sites (tertiary alicyclic amines) is 1. The van der Waals surface area contributed by atoms with Crippen LogP contribution in [0.4, 0.5) is 4.39 Å². The van der Waals surface area contributed by atoms with E-state index in [-0.39, 0.29) is 42.6 Å². The summed E-state index contributed by atoms with van der Waals surface area (Å²) >= 11 is 0. The molecule has 1 amide bonds. The van der Waals surface area contributed by atoms with Crippen molar-refractivity contribution in [1.29, 1.82) is 0 Å². The van der Waals surface area contributed by atoms with Crippen molar-refractivity contribution in [3.63, 3.8) is 0 Å². The number of amides is 1. The first-order valence-corrected chi connectivity index (χ1v) is 9.18. The molecule has 5 nitrogen and oxygen atoms in total. The van der Waals surface area contributed by atoms with E-state index in [1.54, 1.807) is 6.07 Å². The minimum absolute atomic E-state index is 0. The van der Waals surface area contributed by atoms with Crippen molar-refractivity contribution < 1.29 is 13.9 Å². The number of hydrogen-bond donors (Lipinski definition) is 1. The molecule has 1 aromatic carbocycles. The van der Waals surface area contributed by atoms with Gasteiger partial charge in [-0.2, -0.15) is 0 Å². The van der Waals surface area contributed by atoms with Gasteiger partial charge in [0.25, 0.3) is 0 Å². The zero-order valence-corrected chi connectivity index (χ0v) is 17.3. The molecular formula is C19H30Cl2FN3O2. The highest BCUT2D eigenvalue weighted by atomic mass is 35.5. The van der Waals surface area contributed by atoms with Gasteiger partial charge in [-0.3, -0.25) is 9.69 Å². The van der Waals surface area contributed by atoms with Gasteiger partial charge in [0.05, 0.1) is 13.2 Å². The highest BCUT2D eigenvalue weighted by Crippen LogP contribution is 2.28. The van der Waals surface area contributed by atoms with Crippen LogP contribution in [0.2, 0.25) is 0 Å². The lowest BCUT2D eigenvalue weighted by Crippen LogP contribution is -2.50. The van der Waals surface area contributed by atoms with Crippen LogP contribution in [0.15, 0.2) is 24.3 Å². The van der Waals surface area contributed by atoms with Crippen LogP contribution < -0.4 is 5.73 Å². The quantitative estimate of drug-likeness (QED) is 0.811. The van der Waals surface area contributed by atoms with Gasteiger partial charge in [-0.05, 0) is 43.4 Å². The van der Waals surface area contributed by atoms with E-state index in [0.29, 0.717) is 32.2 Å². The molecule has 2 atom stereocenters. The monoisotopic (exact) mass is 421 g/mol. The predicted molar refractivity (Wildman–Crippen MR) is 109 cm³/mol. The maximum atomic E-state index is 13.8. The SMILES string of the molecule is CC(N)C1CCN(C(=O)C(c2cccc(F)c2)N2CCOCC2)CC1.Cl.Cl. The first kappa shape index (κ1) is 24.1. The molecule has 0 saturated carbocycles. The molecule has 2 aliphatic heterocycles. The molecule has 2 heterocycles. The van der Waals surface area contributed by atoms with Gasteiger partial charge in [0, 0.05) is 32.2 Å². The van der Waals surface area contributed by atoms with Crippen LogP contribution in [-0.2, 0) is 9.53 Å². The van der Waals surface area contributed by atoms with Crippen LogP contribution in [0, 0.1) is 11.7 Å². The summed E-state index contributed by atoms with van der Waals surface area (Å²) in [6, 6.07) is 6.14. The fourth-order valence-corrected chi connectivity index (χ4v) is 3.84. The number of benzene rings is 1. The van der Waals surface area contributed by atoms with Gasteiger partial charge >= 0.3 is 0 Å². The van der Waals surface area contributed by atoms with E-state index in [4.69, 9.17) is 10.5 Å². The van der Waals surface area contributed by atoms with E-state index < -0.39 is 6.04 Å². The van der Waals surface area contributed by atoms with Gasteiger partial charge in [-0.25, -0.2) is 4.39 Å². The second-order valence-electron chi connectivity index (χ2n) is 7.13. The molecule has 2 saturated heterocycles. The smallest absolute Gasteiger partial charge is 0.244 e. The summed E-state index contributed by atoms with van der Waals surface area (Å²) in [4.78, 5) is 17.3. The van der Waals surface area contributed by atoms with Crippen molar-refractivity contribution in [3.8, 4) is 0 Å². The average molecular weight is 422 g/mol. The van der Waals surface area contributed by atoms with Crippen molar-refractivity contribution in [2.75, 3.05) is 39.4 Å². The molecule has 2 aliphatic rings. The minimum atomic E-state index is -0.438. The van der Waals surface area contributed by atoms with Gasteiger partial charge in [0.2, 0.25) is 5.91 Å². The molecule has 154 valence electrons. The van der Waals surface area contributed by atoms with E-state index in [1.807, 2.05) is 17.9 Å². The Hall–Kier alpha value is -0.920. The van der Waals surface area contributed by atoms with Crippen molar-refractivity contribution in [3.05, 3.63) is 35.6 Å². The van der Waals surface area contributed by atoms with E-state index in [2.05, 4.69) is 4.90 Å². The molecule has 1 aromatic rings. The second-order valence-corrected chi connectivity index (χ2v) is 7.13. The number of ether oxygens (including phenoxy) is 1. The van der Waals surface area contributed by atoms with Gasteiger partial charge < -0.3 is 15.4 Å². The van der Waals surface area contributed by atoms with Crippen molar-refractivity contribution in [1.82, 2.24) is 9.80 Å². The Morgan fingerprint density at radius 2 is 1.81 bits per heavy atom. The van der Waals surface area contributed by atoms with Crippen molar-refractivity contribution in [2.45, 2.75) is 31.8 Å². The molecule has 2 N–H and O–H groups in total. The normalized spacial score (nSPS) is 20.9. The Kier molecular flexibility index (Phi) is 9.98. The number of carbonyl (C=O) groups is 1. The zero-order chi connectivity index (χ0) is 17.8. The van der Waals surface area contributed by atoms with Crippen LogP contribution in [0.25, 0.3) is 0 Å². The molecule has 2 unspecified atom stereocenters. The first-order valence-electron chi connectivity index (χ1n) is 9.18. The third-order valence-electron chi connectivity index (χ3n) is 5.40. The third-order valence-corrected chi connectivity index (χ3v) is 5.40. The molecule has 3 rings (SSSR count). The minimum Gasteiger partial charge on any atom is -0.379 e. The summed E-state index contributed by atoms with van der Waals surface area (Å²) in [6.45, 7) is 6.05. The predicted octanol–water partition coefficient (Wildman–Crippen LogP) is 2.63. The number of halogens is 3. The van der Waals surface area contributed by atoms with Crippen molar-refractivity contribution in [2.24, 2.45) is 11.7 Å². The highest BCUT2D eigenvalue weighted by Gasteiger charge is 2.34. The summed E-state index contributed by atoms with van der Waals surface area (Å²) in [6.07, 6.45) is 1.87. The molecule has 0 bridgehead atoms. The Labute approximate surface area is 173 Å². The molecular weight excluding hydrogens is 392 g/mol. The number of morpholine rings is 1. The number of carbonyl (C=O) groups excluding carboxylic acids is 1. The summed E-state index contributed by atoms with van der Waals surface area (Å²) in [5, 5.41) is 0. The number of hydrogen-bond acceptors (Lipinski definition) is 4. The molecule has 27 heavy (non-hydrogen) atoms. The number of nitrogens with two attached hydrogens (primary N) is 1. The zero-order valence-electron chi connectivity index (χ0n) is 15.7. The molecule has 8 heteroatoms. The van der Waals surface area contributed by atoms with Crippen LogP contribution in [0.5, 0.6) is 0 Å². The van der Waals surface area contributed by atoms with Gasteiger partial charge in [0.1, 0.15) is 11.9 Å². The first-order chi connectivity index (χ1) is 12.1. The summed E-state index contributed by atoms with van der Waals surface area (Å²) in [7, 11) is 0. The topological polar surface area (TPSA) is 58.8 Å². The van der Waals surface area contributed by atoms with Crippen LogP contribution >= 0.6 is 24.8 Å². The van der Waals surface area contributed by atoms with Crippen molar-refractivity contribution >= 4 is 30.7 Å². The number of rotatable bonds is 4. The maximum absolute atomic E-state index is 13.8. The highest BCUT2D eigenvalue weighted by molar-refractivity contribution is 5.85. The van der Waals surface area contributed by atoms with E-state index in [9.17, 15) is 9.18 Å². The van der Waals surface area contributed by atoms with Crippen LogP contribution in [0.3, 0.4) is 0 Å². The lowest BCUT2D eigenvalue weighted by molar-refractivity contribution is -0.140. The van der Waals surface area contributed by atoms with E-state index >= 15 is 0 Å². The summed E-state index contributed by atoms with van der Waals surface area (Å²) in [5.74, 6) is 0.231. The molecule has 2 fully saturated rings. The summed E-state index contributed by atoms with van der Waals surface area (Å²) < 4.78 is 19.2. The second kappa shape index (κ2) is 11.2. The lowest BCUT2D eigenvalue weighted by Gasteiger charge is -2.40. The standard InChI is InChI=1S/C19H28FN3O2.2ClH/c1-14(21)15-5-7-23(8-6-15)19(24)18(22-9-11-25-12-10-22)16-3-2-4-17(20)13-16;;/h2-4,13-15,18H,5-12,21H2,1H3;2*1H. The van der Waals surface area contributed by atoms with E-state index in [1.165, 1.54) is 12.1 Å². The molecule has 0 aliphatic carbocycles. The number of piperidine rings is 1. The molecule has 0 radical (unpaired) electrons. The Balaban J connectivity index is 0.00000182. The Bertz CT molecular complexity index is 592. The fraction of sp³-hybridized carbons (Fsp3) is 0.632. The summed E-state index contributed by atoms with van der Waals surface area (Å²) in [5.41, 5.74) is 6.73. The Morgan fingerprint density at radius 1 is 1.19 bits per heavy atom. The van der Waals surface area contributed by atoms with E-state index in [0.717, 1.165) is 31.5 Å². The van der Waals surface area contributed by atoms with Gasteiger partial charge in [-0.15, -0.1) is 24.8 Å². The molecule has 0 spiro atoms. The van der Waals surface area contributed by atoms with Crippen LogP contribution in [0.1, 0.15) is 31.4 Å². The average Bonchev–Trinajstić information content (AvgIpc) is 2.63. The Morgan fingerprint density at radius 3 is 2.37 bits per heavy atom. The lowest BCUT2D eigenvalue weighted by atomic mass is 9.90. The van der Waals surface area contributed by atoms with Crippen LogP contribution in [-0.4, -0.2) is 61.1 Å². The van der Waals surface area contributed by atoms with Gasteiger partial charge in [-0.1, -0.05) is 12.1 Å². The molecule has 0 aromatic heterocycles. The maximum Gasteiger partial charge on any atom is 0.244 e. The third kappa shape index (κ3) is 6.03. The number of nitrogens with zero attached hydrogens (tertiary/aromatic N) is 2. The largest absolute Gasteiger partial charge is 0.379 e. The van der Waals surface area contributed by atoms with Gasteiger partial charge in [0.15, 0.2) is 0 Å².